The zero-order valence-corrected chi connectivity index (χ0v) is 10.2. The normalized spacial score (nSPS) is 24.9. The fourth-order valence-corrected chi connectivity index (χ4v) is 2.28. The molecular weight excluding hydrogens is 243 g/mol. The highest BCUT2D eigenvalue weighted by molar-refractivity contribution is 5.35. The van der Waals surface area contributed by atoms with Crippen molar-refractivity contribution >= 4 is 5.82 Å². The Morgan fingerprint density at radius 3 is 2.44 bits per heavy atom. The molecule has 0 aliphatic heterocycles. The van der Waals surface area contributed by atoms with Gasteiger partial charge >= 0.3 is 6.18 Å². The third-order valence-corrected chi connectivity index (χ3v) is 3.40. The van der Waals surface area contributed by atoms with E-state index >= 15 is 0 Å². The predicted molar refractivity (Wildman–Crippen MR) is 62.1 cm³/mol. The predicted octanol–water partition coefficient (Wildman–Crippen LogP) is 3.49. The van der Waals surface area contributed by atoms with E-state index in [0.29, 0.717) is 11.7 Å². The summed E-state index contributed by atoms with van der Waals surface area (Å²) in [5, 5.41) is 9.96. The Labute approximate surface area is 104 Å². The van der Waals surface area contributed by atoms with Gasteiger partial charge in [0.25, 0.3) is 0 Å². The lowest BCUT2D eigenvalue weighted by atomic mass is 9.86. The lowest BCUT2D eigenvalue weighted by Crippen LogP contribution is -2.30. The highest BCUT2D eigenvalue weighted by Gasteiger charge is 2.33. The van der Waals surface area contributed by atoms with Crippen LogP contribution in [0.4, 0.5) is 19.0 Å². The fourth-order valence-electron chi connectivity index (χ4n) is 2.28. The van der Waals surface area contributed by atoms with Crippen LogP contribution in [0.2, 0.25) is 0 Å². The van der Waals surface area contributed by atoms with Gasteiger partial charge in [0.2, 0.25) is 0 Å². The van der Waals surface area contributed by atoms with Gasteiger partial charge in [-0.05, 0) is 30.9 Å². The van der Waals surface area contributed by atoms with Gasteiger partial charge in [-0.1, -0.05) is 19.8 Å². The Hall–Kier alpha value is -1.33. The van der Waals surface area contributed by atoms with E-state index in [1.54, 1.807) is 0 Å². The average Bonchev–Trinajstić information content (AvgIpc) is 2.32. The molecule has 0 saturated heterocycles. The van der Waals surface area contributed by atoms with Gasteiger partial charge in [0, 0.05) is 6.04 Å². The van der Waals surface area contributed by atoms with E-state index in [4.69, 9.17) is 0 Å². The van der Waals surface area contributed by atoms with Gasteiger partial charge in [0.1, 0.15) is 5.82 Å². The summed E-state index contributed by atoms with van der Waals surface area (Å²) < 4.78 is 37.0. The van der Waals surface area contributed by atoms with Gasteiger partial charge in [-0.3, -0.25) is 0 Å². The van der Waals surface area contributed by atoms with Crippen molar-refractivity contribution in [3.63, 3.8) is 0 Å². The van der Waals surface area contributed by atoms with E-state index in [2.05, 4.69) is 22.4 Å². The molecule has 2 rings (SSSR count). The molecule has 100 valence electrons. The van der Waals surface area contributed by atoms with Crippen LogP contribution in [0, 0.1) is 5.92 Å². The number of hydrogen-bond acceptors (Lipinski definition) is 3. The van der Waals surface area contributed by atoms with Crippen LogP contribution in [0.1, 0.15) is 38.3 Å². The van der Waals surface area contributed by atoms with Crippen molar-refractivity contribution in [1.29, 1.82) is 0 Å². The topological polar surface area (TPSA) is 37.8 Å². The minimum Gasteiger partial charge on any atom is -0.366 e. The molecule has 0 amide bonds. The number of nitrogens with one attached hydrogen (secondary N) is 1. The molecule has 1 aromatic heterocycles. The molecule has 0 radical (unpaired) electrons. The molecule has 1 aliphatic carbocycles. The first-order chi connectivity index (χ1) is 8.47. The molecular formula is C12H16F3N3. The first-order valence-electron chi connectivity index (χ1n) is 6.14. The number of rotatable bonds is 2. The number of aromatic nitrogens is 2. The van der Waals surface area contributed by atoms with E-state index in [-0.39, 0.29) is 6.04 Å². The highest BCUT2D eigenvalue weighted by Crippen LogP contribution is 2.28. The van der Waals surface area contributed by atoms with Crippen LogP contribution in [0.5, 0.6) is 0 Å². The second-order valence-corrected chi connectivity index (χ2v) is 4.81. The summed E-state index contributed by atoms with van der Waals surface area (Å²) in [6, 6.07) is 2.59. The summed E-state index contributed by atoms with van der Waals surface area (Å²) in [5.74, 6) is 0.935. The molecule has 0 bridgehead atoms. The molecule has 2 atom stereocenters. The van der Waals surface area contributed by atoms with Crippen LogP contribution in [0.15, 0.2) is 12.1 Å². The van der Waals surface area contributed by atoms with Crippen LogP contribution in [0.25, 0.3) is 0 Å². The number of nitrogens with zero attached hydrogens (tertiary/aromatic N) is 2. The number of hydrogen-bond donors (Lipinski definition) is 1. The summed E-state index contributed by atoms with van der Waals surface area (Å²) in [6.45, 7) is 2.15. The zero-order chi connectivity index (χ0) is 13.2. The van der Waals surface area contributed by atoms with Crippen molar-refractivity contribution in [2.75, 3.05) is 5.32 Å². The van der Waals surface area contributed by atoms with Crippen LogP contribution >= 0.6 is 0 Å². The molecule has 1 fully saturated rings. The average molecular weight is 259 g/mol. The fraction of sp³-hybridized carbons (Fsp3) is 0.667. The zero-order valence-electron chi connectivity index (χ0n) is 10.2. The Bertz CT molecular complexity index is 389. The van der Waals surface area contributed by atoms with Gasteiger partial charge in [0.15, 0.2) is 5.69 Å². The van der Waals surface area contributed by atoms with Crippen LogP contribution in [0.3, 0.4) is 0 Å². The van der Waals surface area contributed by atoms with Crippen LogP contribution in [-0.4, -0.2) is 16.2 Å². The molecule has 1 heterocycles. The number of halogens is 3. The highest BCUT2D eigenvalue weighted by atomic mass is 19.4. The molecule has 1 N–H and O–H groups in total. The van der Waals surface area contributed by atoms with Crippen LogP contribution in [-0.2, 0) is 6.18 Å². The summed E-state index contributed by atoms with van der Waals surface area (Å²) in [7, 11) is 0. The third-order valence-electron chi connectivity index (χ3n) is 3.40. The summed E-state index contributed by atoms with van der Waals surface area (Å²) >= 11 is 0. The first-order valence-corrected chi connectivity index (χ1v) is 6.14. The lowest BCUT2D eigenvalue weighted by Gasteiger charge is -2.29. The maximum absolute atomic E-state index is 12.3. The van der Waals surface area contributed by atoms with E-state index in [1.165, 1.54) is 12.5 Å². The van der Waals surface area contributed by atoms with Crippen molar-refractivity contribution in [3.8, 4) is 0 Å². The Kier molecular flexibility index (Phi) is 3.73. The Morgan fingerprint density at radius 1 is 1.17 bits per heavy atom. The number of anilines is 1. The van der Waals surface area contributed by atoms with E-state index < -0.39 is 11.9 Å². The summed E-state index contributed by atoms with van der Waals surface area (Å²) in [5.41, 5.74) is -0.954. The molecule has 2 unspecified atom stereocenters. The Morgan fingerprint density at radius 2 is 1.89 bits per heavy atom. The van der Waals surface area contributed by atoms with Crippen molar-refractivity contribution < 1.29 is 13.2 Å². The van der Waals surface area contributed by atoms with E-state index in [9.17, 15) is 13.2 Å². The molecule has 1 saturated carbocycles. The molecule has 3 nitrogen and oxygen atoms in total. The molecule has 0 aromatic carbocycles. The lowest BCUT2D eigenvalue weighted by molar-refractivity contribution is -0.141. The third kappa shape index (κ3) is 3.11. The van der Waals surface area contributed by atoms with E-state index in [0.717, 1.165) is 25.3 Å². The molecule has 1 aromatic rings. The van der Waals surface area contributed by atoms with Crippen molar-refractivity contribution in [3.05, 3.63) is 17.8 Å². The van der Waals surface area contributed by atoms with Gasteiger partial charge in [-0.25, -0.2) is 0 Å². The maximum atomic E-state index is 12.3. The summed E-state index contributed by atoms with van der Waals surface area (Å²) in [6.07, 6.45) is 0.118. The largest absolute Gasteiger partial charge is 0.435 e. The van der Waals surface area contributed by atoms with E-state index in [1.807, 2.05) is 0 Å². The molecule has 18 heavy (non-hydrogen) atoms. The minimum atomic E-state index is -4.43. The minimum absolute atomic E-state index is 0.282. The van der Waals surface area contributed by atoms with Gasteiger partial charge in [-0.15, -0.1) is 10.2 Å². The maximum Gasteiger partial charge on any atom is 0.435 e. The second-order valence-electron chi connectivity index (χ2n) is 4.81. The van der Waals surface area contributed by atoms with Gasteiger partial charge in [0.05, 0.1) is 0 Å². The van der Waals surface area contributed by atoms with Gasteiger partial charge < -0.3 is 5.32 Å². The van der Waals surface area contributed by atoms with Crippen molar-refractivity contribution in [2.45, 2.75) is 44.8 Å². The van der Waals surface area contributed by atoms with Crippen molar-refractivity contribution in [2.24, 2.45) is 5.92 Å². The van der Waals surface area contributed by atoms with Crippen LogP contribution < -0.4 is 5.32 Å². The molecule has 1 aliphatic rings. The molecule has 0 spiro atoms. The van der Waals surface area contributed by atoms with Gasteiger partial charge in [-0.2, -0.15) is 13.2 Å². The standard InChI is InChI=1S/C12H16F3N3/c1-8-4-2-3-5-9(8)16-11-7-6-10(17-18-11)12(13,14)15/h6-9H,2-5H2,1H3,(H,16,18). The Balaban J connectivity index is 2.02. The second kappa shape index (κ2) is 5.12. The molecule has 6 heteroatoms. The monoisotopic (exact) mass is 259 g/mol. The first kappa shape index (κ1) is 13.1. The SMILES string of the molecule is CC1CCCCC1Nc1ccc(C(F)(F)F)nn1. The van der Waals surface area contributed by atoms with Crippen molar-refractivity contribution in [1.82, 2.24) is 10.2 Å². The summed E-state index contributed by atoms with van der Waals surface area (Å²) in [4.78, 5) is 0. The number of alkyl halides is 3. The quantitative estimate of drug-likeness (QED) is 0.883. The smallest absolute Gasteiger partial charge is 0.366 e.